The average molecular weight is 332 g/mol. The molecule has 1 heterocycles. The molecule has 0 unspecified atom stereocenters. The summed E-state index contributed by atoms with van der Waals surface area (Å²) in [6, 6.07) is 5.23. The predicted molar refractivity (Wildman–Crippen MR) is 80.8 cm³/mol. The molecule has 20 heavy (non-hydrogen) atoms. The molecule has 0 radical (unpaired) electrons. The molecule has 0 amide bonds. The van der Waals surface area contributed by atoms with Crippen molar-refractivity contribution in [3.8, 4) is 0 Å². The van der Waals surface area contributed by atoms with Gasteiger partial charge in [-0.15, -0.1) is 11.3 Å². The van der Waals surface area contributed by atoms with E-state index in [0.717, 1.165) is 17.5 Å². The van der Waals surface area contributed by atoms with Crippen molar-refractivity contribution >= 4 is 43.0 Å². The predicted octanol–water partition coefficient (Wildman–Crippen LogP) is 2.61. The van der Waals surface area contributed by atoms with Gasteiger partial charge in [-0.1, -0.05) is 11.6 Å². The monoisotopic (exact) mass is 331 g/mol. The van der Waals surface area contributed by atoms with Crippen molar-refractivity contribution in [1.82, 2.24) is 4.72 Å². The Balaban J connectivity index is 1.91. The molecule has 0 saturated heterocycles. The molecule has 1 saturated carbocycles. The van der Waals surface area contributed by atoms with Crippen molar-refractivity contribution < 1.29 is 13.5 Å². The van der Waals surface area contributed by atoms with E-state index in [9.17, 15) is 13.5 Å². The summed E-state index contributed by atoms with van der Waals surface area (Å²) >= 11 is 7.31. The normalized spacial score (nSPS) is 17.5. The molecule has 1 aliphatic carbocycles. The summed E-state index contributed by atoms with van der Waals surface area (Å²) in [5.74, 6) is 0. The van der Waals surface area contributed by atoms with Gasteiger partial charge in [0.05, 0.1) is 0 Å². The molecular formula is C13H14ClNO3S2. The molecule has 7 heteroatoms. The summed E-state index contributed by atoms with van der Waals surface area (Å²) in [5.41, 5.74) is -0.253. The Morgan fingerprint density at radius 1 is 1.40 bits per heavy atom. The van der Waals surface area contributed by atoms with Gasteiger partial charge < -0.3 is 5.11 Å². The van der Waals surface area contributed by atoms with Crippen LogP contribution in [0.5, 0.6) is 0 Å². The molecule has 1 aliphatic rings. The van der Waals surface area contributed by atoms with E-state index in [2.05, 4.69) is 4.72 Å². The summed E-state index contributed by atoms with van der Waals surface area (Å²) in [6.45, 7) is 0.301. The van der Waals surface area contributed by atoms with Gasteiger partial charge in [0.1, 0.15) is 4.90 Å². The zero-order valence-electron chi connectivity index (χ0n) is 10.6. The van der Waals surface area contributed by atoms with Crippen LogP contribution in [0.1, 0.15) is 12.8 Å². The Bertz CT molecular complexity index is 750. The largest absolute Gasteiger partial charge is 0.396 e. The molecule has 0 bridgehead atoms. The number of benzene rings is 1. The first kappa shape index (κ1) is 14.3. The van der Waals surface area contributed by atoms with Crippen molar-refractivity contribution in [3.05, 3.63) is 28.6 Å². The van der Waals surface area contributed by atoms with Gasteiger partial charge in [0.2, 0.25) is 10.0 Å². The first-order valence-corrected chi connectivity index (χ1v) is 8.97. The van der Waals surface area contributed by atoms with Gasteiger partial charge >= 0.3 is 0 Å². The third-order valence-corrected chi connectivity index (χ3v) is 6.51. The number of hydrogen-bond donors (Lipinski definition) is 2. The maximum Gasteiger partial charge on any atom is 0.242 e. The lowest BCUT2D eigenvalue weighted by atomic mass is 10.1. The van der Waals surface area contributed by atoms with E-state index in [0.29, 0.717) is 10.4 Å². The molecule has 2 aromatic rings. The number of hydrogen-bond acceptors (Lipinski definition) is 4. The van der Waals surface area contributed by atoms with Crippen molar-refractivity contribution in [2.45, 2.75) is 17.7 Å². The van der Waals surface area contributed by atoms with Gasteiger partial charge in [-0.2, -0.15) is 0 Å². The van der Waals surface area contributed by atoms with Crippen LogP contribution in [0.25, 0.3) is 10.1 Å². The van der Waals surface area contributed by atoms with Crippen LogP contribution >= 0.6 is 22.9 Å². The lowest BCUT2D eigenvalue weighted by Crippen LogP contribution is -2.31. The molecule has 1 fully saturated rings. The van der Waals surface area contributed by atoms with E-state index >= 15 is 0 Å². The van der Waals surface area contributed by atoms with Crippen LogP contribution in [-0.2, 0) is 10.0 Å². The fourth-order valence-electron chi connectivity index (χ4n) is 2.08. The minimum atomic E-state index is -3.57. The number of aliphatic hydroxyl groups is 1. The molecule has 0 atom stereocenters. The molecule has 108 valence electrons. The summed E-state index contributed by atoms with van der Waals surface area (Å²) in [4.78, 5) is 0.258. The highest BCUT2D eigenvalue weighted by Crippen LogP contribution is 2.44. The lowest BCUT2D eigenvalue weighted by Gasteiger charge is -2.12. The Morgan fingerprint density at radius 2 is 2.15 bits per heavy atom. The van der Waals surface area contributed by atoms with Crippen molar-refractivity contribution in [1.29, 1.82) is 0 Å². The van der Waals surface area contributed by atoms with Crippen LogP contribution in [0.2, 0.25) is 5.02 Å². The highest BCUT2D eigenvalue weighted by Gasteiger charge is 2.42. The van der Waals surface area contributed by atoms with E-state index in [4.69, 9.17) is 11.6 Å². The van der Waals surface area contributed by atoms with Crippen molar-refractivity contribution in [2.75, 3.05) is 13.2 Å². The van der Waals surface area contributed by atoms with Crippen LogP contribution in [0.3, 0.4) is 0 Å². The fourth-order valence-corrected chi connectivity index (χ4v) is 4.88. The molecule has 0 aliphatic heterocycles. The molecule has 0 spiro atoms. The number of thiophene rings is 1. The minimum absolute atomic E-state index is 0.0196. The Hall–Kier alpha value is -0.660. The zero-order valence-corrected chi connectivity index (χ0v) is 13.0. The third-order valence-electron chi connectivity index (χ3n) is 3.72. The van der Waals surface area contributed by atoms with Crippen LogP contribution in [-0.4, -0.2) is 26.7 Å². The topological polar surface area (TPSA) is 66.4 Å². The standard InChI is InChI=1S/C13H14ClNO3S2/c14-9-1-2-11-10(5-9)12(6-19-11)20(17,18)15-7-13(8-16)3-4-13/h1-2,5-6,15-16H,3-4,7-8H2. The minimum Gasteiger partial charge on any atom is -0.396 e. The van der Waals surface area contributed by atoms with Gasteiger partial charge in [-0.25, -0.2) is 13.1 Å². The summed E-state index contributed by atoms with van der Waals surface area (Å²) in [6.07, 6.45) is 1.73. The molecule has 1 aromatic heterocycles. The Labute approximate surface area is 126 Å². The maximum atomic E-state index is 12.4. The van der Waals surface area contributed by atoms with Crippen LogP contribution in [0.4, 0.5) is 0 Å². The molecule has 3 rings (SSSR count). The van der Waals surface area contributed by atoms with Gasteiger partial charge in [-0.3, -0.25) is 0 Å². The highest BCUT2D eigenvalue weighted by molar-refractivity contribution is 7.90. The quantitative estimate of drug-likeness (QED) is 0.885. The Kier molecular flexibility index (Phi) is 3.54. The van der Waals surface area contributed by atoms with E-state index < -0.39 is 10.0 Å². The fraction of sp³-hybridized carbons (Fsp3) is 0.385. The highest BCUT2D eigenvalue weighted by atomic mass is 35.5. The lowest BCUT2D eigenvalue weighted by molar-refractivity contribution is 0.213. The smallest absolute Gasteiger partial charge is 0.242 e. The van der Waals surface area contributed by atoms with Gasteiger partial charge in [0, 0.05) is 39.1 Å². The second-order valence-electron chi connectivity index (χ2n) is 5.22. The van der Waals surface area contributed by atoms with Crippen LogP contribution < -0.4 is 4.72 Å². The molecular weight excluding hydrogens is 318 g/mol. The second kappa shape index (κ2) is 4.96. The van der Waals surface area contributed by atoms with E-state index in [-0.39, 0.29) is 23.5 Å². The summed E-state index contributed by atoms with van der Waals surface area (Å²) in [5, 5.41) is 12.0. The van der Waals surface area contributed by atoms with E-state index in [1.807, 2.05) is 6.07 Å². The SMILES string of the molecule is O=S(=O)(NCC1(CO)CC1)c1csc2ccc(Cl)cc12. The van der Waals surface area contributed by atoms with Gasteiger partial charge in [0.25, 0.3) is 0 Å². The summed E-state index contributed by atoms with van der Waals surface area (Å²) < 4.78 is 28.2. The van der Waals surface area contributed by atoms with Crippen LogP contribution in [0, 0.1) is 5.41 Å². The zero-order chi connectivity index (χ0) is 14.4. The average Bonchev–Trinajstić information content (AvgIpc) is 3.08. The number of nitrogens with one attached hydrogen (secondary N) is 1. The number of fused-ring (bicyclic) bond motifs is 1. The summed E-state index contributed by atoms with van der Waals surface area (Å²) in [7, 11) is -3.57. The Morgan fingerprint density at radius 3 is 2.80 bits per heavy atom. The van der Waals surface area contributed by atoms with Crippen molar-refractivity contribution in [3.63, 3.8) is 0 Å². The number of aliphatic hydroxyl groups excluding tert-OH is 1. The number of sulfonamides is 1. The number of halogens is 1. The van der Waals surface area contributed by atoms with Gasteiger partial charge in [-0.05, 0) is 31.0 Å². The molecule has 1 aromatic carbocycles. The molecule has 4 nitrogen and oxygen atoms in total. The first-order chi connectivity index (χ1) is 9.46. The molecule has 2 N–H and O–H groups in total. The van der Waals surface area contributed by atoms with E-state index in [1.54, 1.807) is 17.5 Å². The van der Waals surface area contributed by atoms with Crippen molar-refractivity contribution in [2.24, 2.45) is 5.41 Å². The first-order valence-electron chi connectivity index (χ1n) is 6.23. The third kappa shape index (κ3) is 2.58. The number of rotatable bonds is 5. The second-order valence-corrected chi connectivity index (χ2v) is 8.31. The van der Waals surface area contributed by atoms with Crippen LogP contribution in [0.15, 0.2) is 28.5 Å². The van der Waals surface area contributed by atoms with E-state index in [1.165, 1.54) is 11.3 Å². The maximum absolute atomic E-state index is 12.4. The van der Waals surface area contributed by atoms with Gasteiger partial charge in [0.15, 0.2) is 0 Å².